The number of hydrogen-bond donors (Lipinski definition) is 2. The fourth-order valence-electron chi connectivity index (χ4n) is 2.98. The highest BCUT2D eigenvalue weighted by atomic mass is 16.5. The molecule has 0 unspecified atom stereocenters. The van der Waals surface area contributed by atoms with E-state index in [1.54, 1.807) is 0 Å². The number of nitrogens with one attached hydrogen (secondary N) is 2. The van der Waals surface area contributed by atoms with Crippen LogP contribution in [0.3, 0.4) is 0 Å². The van der Waals surface area contributed by atoms with Gasteiger partial charge in [-0.05, 0) is 24.8 Å². The van der Waals surface area contributed by atoms with Gasteiger partial charge in [0.25, 0.3) is 0 Å². The van der Waals surface area contributed by atoms with Crippen LogP contribution in [-0.4, -0.2) is 39.3 Å². The topological polar surface area (TPSA) is 45.7 Å². The van der Waals surface area contributed by atoms with E-state index < -0.39 is 0 Å². The molecule has 1 aromatic rings. The van der Waals surface area contributed by atoms with E-state index in [1.807, 2.05) is 7.05 Å². The minimum atomic E-state index is 0.141. The Bertz CT molecular complexity index is 453. The molecule has 0 bridgehead atoms. The van der Waals surface area contributed by atoms with Crippen LogP contribution in [0.25, 0.3) is 0 Å². The van der Waals surface area contributed by atoms with Gasteiger partial charge >= 0.3 is 0 Å². The first-order valence-corrected chi connectivity index (χ1v) is 8.38. The normalized spacial score (nSPS) is 18.0. The predicted molar refractivity (Wildman–Crippen MR) is 92.4 cm³/mol. The van der Waals surface area contributed by atoms with Crippen molar-refractivity contribution in [1.29, 1.82) is 0 Å². The summed E-state index contributed by atoms with van der Waals surface area (Å²) in [6.45, 7) is 5.73. The third kappa shape index (κ3) is 4.47. The average molecular weight is 303 g/mol. The van der Waals surface area contributed by atoms with E-state index in [1.165, 1.54) is 18.4 Å². The summed E-state index contributed by atoms with van der Waals surface area (Å²) in [6, 6.07) is 10.8. The Labute approximate surface area is 134 Å². The molecule has 1 aliphatic heterocycles. The van der Waals surface area contributed by atoms with Gasteiger partial charge in [-0.1, -0.05) is 43.7 Å². The summed E-state index contributed by atoms with van der Waals surface area (Å²) in [5, 5.41) is 6.91. The van der Waals surface area contributed by atoms with Crippen LogP contribution in [0.15, 0.2) is 35.3 Å². The molecule has 0 spiro atoms. The molecule has 4 nitrogen and oxygen atoms in total. The molecule has 0 radical (unpaired) electrons. The predicted octanol–water partition coefficient (Wildman–Crippen LogP) is 2.70. The second kappa shape index (κ2) is 8.79. The smallest absolute Gasteiger partial charge is 0.191 e. The Morgan fingerprint density at radius 1 is 1.18 bits per heavy atom. The number of hydrogen-bond acceptors (Lipinski definition) is 2. The van der Waals surface area contributed by atoms with E-state index in [2.05, 4.69) is 52.9 Å². The highest BCUT2D eigenvalue weighted by Crippen LogP contribution is 2.34. The standard InChI is InChI=1S/C18H29N3O/c1-3-4-12-20-17(19-2)21-15-18(10-13-22-14-11-18)16-8-6-5-7-9-16/h5-9H,3-4,10-15H2,1-2H3,(H2,19,20,21). The molecule has 1 saturated heterocycles. The zero-order chi connectivity index (χ0) is 15.7. The molecule has 4 heteroatoms. The third-order valence-corrected chi connectivity index (χ3v) is 4.48. The molecule has 1 fully saturated rings. The van der Waals surface area contributed by atoms with Crippen molar-refractivity contribution < 1.29 is 4.74 Å². The second-order valence-electron chi connectivity index (χ2n) is 5.96. The van der Waals surface area contributed by atoms with Gasteiger partial charge in [0.1, 0.15) is 0 Å². The van der Waals surface area contributed by atoms with Crippen LogP contribution in [0.2, 0.25) is 0 Å². The fourth-order valence-corrected chi connectivity index (χ4v) is 2.98. The lowest BCUT2D eigenvalue weighted by atomic mass is 9.74. The van der Waals surface area contributed by atoms with Gasteiger partial charge in [0, 0.05) is 38.8 Å². The average Bonchev–Trinajstić information content (AvgIpc) is 2.59. The van der Waals surface area contributed by atoms with Crippen LogP contribution in [0.4, 0.5) is 0 Å². The van der Waals surface area contributed by atoms with Gasteiger partial charge in [0.2, 0.25) is 0 Å². The number of ether oxygens (including phenoxy) is 1. The van der Waals surface area contributed by atoms with E-state index in [0.29, 0.717) is 0 Å². The van der Waals surface area contributed by atoms with Crippen molar-refractivity contribution in [2.75, 3.05) is 33.4 Å². The molecular formula is C18H29N3O. The Kier molecular flexibility index (Phi) is 6.72. The van der Waals surface area contributed by atoms with E-state index in [9.17, 15) is 0 Å². The van der Waals surface area contributed by atoms with Crippen LogP contribution in [0.1, 0.15) is 38.2 Å². The molecule has 1 aromatic carbocycles. The van der Waals surface area contributed by atoms with Crippen molar-refractivity contribution >= 4 is 5.96 Å². The third-order valence-electron chi connectivity index (χ3n) is 4.48. The molecule has 0 saturated carbocycles. The summed E-state index contributed by atoms with van der Waals surface area (Å²) in [5.74, 6) is 0.898. The molecule has 0 aromatic heterocycles. The van der Waals surface area contributed by atoms with Gasteiger partial charge in [-0.25, -0.2) is 0 Å². The molecular weight excluding hydrogens is 274 g/mol. The highest BCUT2D eigenvalue weighted by molar-refractivity contribution is 5.79. The summed E-state index contributed by atoms with van der Waals surface area (Å²) in [4.78, 5) is 4.33. The number of benzene rings is 1. The Morgan fingerprint density at radius 3 is 2.55 bits per heavy atom. The van der Waals surface area contributed by atoms with Crippen molar-refractivity contribution in [2.45, 2.75) is 38.0 Å². The molecule has 1 heterocycles. The number of aliphatic imine (C=N–C) groups is 1. The maximum Gasteiger partial charge on any atom is 0.191 e. The van der Waals surface area contributed by atoms with Crippen LogP contribution in [0, 0.1) is 0 Å². The largest absolute Gasteiger partial charge is 0.381 e. The summed E-state index contributed by atoms with van der Waals surface area (Å²) < 4.78 is 5.59. The Hall–Kier alpha value is -1.55. The monoisotopic (exact) mass is 303 g/mol. The van der Waals surface area contributed by atoms with Crippen LogP contribution in [-0.2, 0) is 10.2 Å². The number of guanidine groups is 1. The van der Waals surface area contributed by atoms with Crippen molar-refractivity contribution in [3.05, 3.63) is 35.9 Å². The molecule has 122 valence electrons. The minimum absolute atomic E-state index is 0.141. The van der Waals surface area contributed by atoms with Gasteiger partial charge in [-0.2, -0.15) is 0 Å². The highest BCUT2D eigenvalue weighted by Gasteiger charge is 2.34. The molecule has 2 rings (SSSR count). The maximum absolute atomic E-state index is 5.59. The minimum Gasteiger partial charge on any atom is -0.381 e. The lowest BCUT2D eigenvalue weighted by Gasteiger charge is -2.38. The van der Waals surface area contributed by atoms with Gasteiger partial charge in [-0.3, -0.25) is 4.99 Å². The van der Waals surface area contributed by atoms with Crippen molar-refractivity contribution in [2.24, 2.45) is 4.99 Å². The lowest BCUT2D eigenvalue weighted by Crippen LogP contribution is -2.48. The number of rotatable bonds is 6. The fraction of sp³-hybridized carbons (Fsp3) is 0.611. The van der Waals surface area contributed by atoms with Gasteiger partial charge in [0.15, 0.2) is 5.96 Å². The van der Waals surface area contributed by atoms with Gasteiger partial charge in [-0.15, -0.1) is 0 Å². The quantitative estimate of drug-likeness (QED) is 0.482. The number of nitrogens with zero attached hydrogens (tertiary/aromatic N) is 1. The van der Waals surface area contributed by atoms with E-state index in [0.717, 1.165) is 45.1 Å². The Balaban J connectivity index is 2.01. The maximum atomic E-state index is 5.59. The summed E-state index contributed by atoms with van der Waals surface area (Å²) in [5.41, 5.74) is 1.54. The number of unbranched alkanes of at least 4 members (excludes halogenated alkanes) is 1. The first-order valence-electron chi connectivity index (χ1n) is 8.38. The zero-order valence-electron chi connectivity index (χ0n) is 13.9. The first-order chi connectivity index (χ1) is 10.8. The van der Waals surface area contributed by atoms with Crippen molar-refractivity contribution in [3.8, 4) is 0 Å². The molecule has 22 heavy (non-hydrogen) atoms. The molecule has 0 aliphatic carbocycles. The SMILES string of the molecule is CCCCNC(=NC)NCC1(c2ccccc2)CCOCC1. The summed E-state index contributed by atoms with van der Waals surface area (Å²) >= 11 is 0. The molecule has 0 amide bonds. The van der Waals surface area contributed by atoms with Gasteiger partial charge < -0.3 is 15.4 Å². The molecule has 0 atom stereocenters. The van der Waals surface area contributed by atoms with E-state index in [4.69, 9.17) is 4.74 Å². The van der Waals surface area contributed by atoms with Crippen LogP contribution >= 0.6 is 0 Å². The Morgan fingerprint density at radius 2 is 1.91 bits per heavy atom. The first kappa shape index (κ1) is 16.8. The van der Waals surface area contributed by atoms with E-state index in [-0.39, 0.29) is 5.41 Å². The molecule has 2 N–H and O–H groups in total. The zero-order valence-corrected chi connectivity index (χ0v) is 13.9. The second-order valence-corrected chi connectivity index (χ2v) is 5.96. The summed E-state index contributed by atoms with van der Waals surface area (Å²) in [7, 11) is 1.83. The molecule has 1 aliphatic rings. The van der Waals surface area contributed by atoms with Gasteiger partial charge in [0.05, 0.1) is 0 Å². The van der Waals surface area contributed by atoms with Crippen LogP contribution in [0.5, 0.6) is 0 Å². The van der Waals surface area contributed by atoms with E-state index >= 15 is 0 Å². The van der Waals surface area contributed by atoms with Crippen molar-refractivity contribution in [3.63, 3.8) is 0 Å². The summed E-state index contributed by atoms with van der Waals surface area (Å²) in [6.07, 6.45) is 4.46. The van der Waals surface area contributed by atoms with Crippen molar-refractivity contribution in [1.82, 2.24) is 10.6 Å². The lowest BCUT2D eigenvalue weighted by molar-refractivity contribution is 0.0514. The van der Waals surface area contributed by atoms with Crippen LogP contribution < -0.4 is 10.6 Å².